The number of fused-ring (bicyclic) bond motifs is 1. The second-order valence-electron chi connectivity index (χ2n) is 6.21. The molecule has 1 heterocycles. The Hall–Kier alpha value is -0.450. The third kappa shape index (κ3) is 3.77. The van der Waals surface area contributed by atoms with E-state index >= 15 is 0 Å². The van der Waals surface area contributed by atoms with Crippen molar-refractivity contribution in [2.75, 3.05) is 20.3 Å². The molecular weight excluding hydrogens is 256 g/mol. The molecule has 1 unspecified atom stereocenters. The average Bonchev–Trinajstić information content (AvgIpc) is 2.74. The first kappa shape index (κ1) is 14.9. The Morgan fingerprint density at radius 2 is 2.26 bits per heavy atom. The van der Waals surface area contributed by atoms with Gasteiger partial charge in [0, 0.05) is 24.4 Å². The highest BCUT2D eigenvalue weighted by Crippen LogP contribution is 2.43. The van der Waals surface area contributed by atoms with Crippen molar-refractivity contribution in [2.45, 2.75) is 52.5 Å². The number of thiazole rings is 1. The van der Waals surface area contributed by atoms with E-state index in [1.807, 2.05) is 11.3 Å². The van der Waals surface area contributed by atoms with Crippen LogP contribution in [0.1, 0.15) is 55.2 Å². The molecule has 0 spiro atoms. The molecule has 19 heavy (non-hydrogen) atoms. The zero-order valence-corrected chi connectivity index (χ0v) is 13.4. The summed E-state index contributed by atoms with van der Waals surface area (Å²) < 4.78 is 5.16. The van der Waals surface area contributed by atoms with Crippen molar-refractivity contribution in [3.8, 4) is 0 Å². The van der Waals surface area contributed by atoms with Crippen molar-refractivity contribution < 1.29 is 4.74 Å². The van der Waals surface area contributed by atoms with Gasteiger partial charge in [0.25, 0.3) is 0 Å². The lowest BCUT2D eigenvalue weighted by atomic mass is 9.76. The molecule has 0 saturated carbocycles. The molecule has 1 aromatic heterocycles. The normalized spacial score (nSPS) is 21.4. The van der Waals surface area contributed by atoms with Crippen LogP contribution < -0.4 is 5.32 Å². The molecular formula is C15H26N2OS. The zero-order valence-electron chi connectivity index (χ0n) is 12.6. The summed E-state index contributed by atoms with van der Waals surface area (Å²) in [6.45, 7) is 8.78. The fourth-order valence-electron chi connectivity index (χ4n) is 2.76. The van der Waals surface area contributed by atoms with E-state index in [1.54, 1.807) is 7.11 Å². The van der Waals surface area contributed by atoms with E-state index in [2.05, 4.69) is 26.1 Å². The second-order valence-corrected chi connectivity index (χ2v) is 7.33. The molecule has 2 rings (SSSR count). The van der Waals surface area contributed by atoms with Gasteiger partial charge in [-0.1, -0.05) is 20.8 Å². The molecule has 1 atom stereocenters. The van der Waals surface area contributed by atoms with Crippen molar-refractivity contribution in [1.29, 1.82) is 0 Å². The van der Waals surface area contributed by atoms with Crippen LogP contribution in [0.4, 0.5) is 0 Å². The van der Waals surface area contributed by atoms with Gasteiger partial charge in [-0.3, -0.25) is 0 Å². The Labute approximate surface area is 120 Å². The van der Waals surface area contributed by atoms with Crippen molar-refractivity contribution in [3.63, 3.8) is 0 Å². The van der Waals surface area contributed by atoms with Crippen LogP contribution in [0.25, 0.3) is 0 Å². The summed E-state index contributed by atoms with van der Waals surface area (Å²) in [6.07, 6.45) is 4.44. The first-order valence-electron chi connectivity index (χ1n) is 7.26. The van der Waals surface area contributed by atoms with Gasteiger partial charge in [0.1, 0.15) is 0 Å². The molecule has 4 heteroatoms. The van der Waals surface area contributed by atoms with E-state index in [0.717, 1.165) is 26.0 Å². The minimum absolute atomic E-state index is 0.352. The van der Waals surface area contributed by atoms with Crippen LogP contribution in [0.3, 0.4) is 0 Å². The maximum Gasteiger partial charge on any atom is 0.0954 e. The molecule has 0 aromatic carbocycles. The number of nitrogens with zero attached hydrogens (tertiary/aromatic N) is 1. The monoisotopic (exact) mass is 282 g/mol. The molecule has 3 nitrogen and oxygen atoms in total. The average molecular weight is 282 g/mol. The van der Waals surface area contributed by atoms with Crippen LogP contribution in [0, 0.1) is 5.41 Å². The van der Waals surface area contributed by atoms with Crippen molar-refractivity contribution in [3.05, 3.63) is 15.6 Å². The van der Waals surface area contributed by atoms with Gasteiger partial charge < -0.3 is 10.1 Å². The van der Waals surface area contributed by atoms with Crippen molar-refractivity contribution >= 4 is 11.3 Å². The van der Waals surface area contributed by atoms with Crippen LogP contribution in [0.2, 0.25) is 0 Å². The summed E-state index contributed by atoms with van der Waals surface area (Å²) in [5, 5.41) is 4.92. The van der Waals surface area contributed by atoms with Gasteiger partial charge in [0.15, 0.2) is 0 Å². The molecule has 1 aliphatic carbocycles. The smallest absolute Gasteiger partial charge is 0.0954 e. The van der Waals surface area contributed by atoms with Gasteiger partial charge in [-0.2, -0.15) is 0 Å². The van der Waals surface area contributed by atoms with Gasteiger partial charge in [-0.15, -0.1) is 11.3 Å². The largest absolute Gasteiger partial charge is 0.384 e. The standard InChI is InChI=1S/C15H26N2OS/c1-5-7-16-11-9-15(2,3)10-12-14(11)19-13(17-12)6-8-18-4/h11,16H,5-10H2,1-4H3. The Morgan fingerprint density at radius 3 is 2.95 bits per heavy atom. The summed E-state index contributed by atoms with van der Waals surface area (Å²) in [7, 11) is 1.75. The number of methoxy groups -OCH3 is 1. The predicted octanol–water partition coefficient (Wildman–Crippen LogP) is 3.35. The summed E-state index contributed by atoms with van der Waals surface area (Å²) in [6, 6.07) is 0.493. The number of ether oxygens (including phenoxy) is 1. The van der Waals surface area contributed by atoms with Gasteiger partial charge in [0.05, 0.1) is 17.3 Å². The highest BCUT2D eigenvalue weighted by Gasteiger charge is 2.34. The topological polar surface area (TPSA) is 34.2 Å². The van der Waals surface area contributed by atoms with E-state index in [9.17, 15) is 0 Å². The molecule has 108 valence electrons. The SMILES string of the molecule is CCCNC1CC(C)(C)Cc2nc(CCOC)sc21. The highest BCUT2D eigenvalue weighted by atomic mass is 32.1. The van der Waals surface area contributed by atoms with E-state index in [0.29, 0.717) is 11.5 Å². The fourth-order valence-corrected chi connectivity index (χ4v) is 3.90. The molecule has 0 aliphatic heterocycles. The van der Waals surface area contributed by atoms with Crippen molar-refractivity contribution in [1.82, 2.24) is 10.3 Å². The van der Waals surface area contributed by atoms with Crippen LogP contribution in [0.15, 0.2) is 0 Å². The van der Waals surface area contributed by atoms with Gasteiger partial charge in [0.2, 0.25) is 0 Å². The molecule has 0 fully saturated rings. The number of hydrogen-bond donors (Lipinski definition) is 1. The van der Waals surface area contributed by atoms with E-state index < -0.39 is 0 Å². The second kappa shape index (κ2) is 6.33. The molecule has 0 saturated heterocycles. The fraction of sp³-hybridized carbons (Fsp3) is 0.800. The number of hydrogen-bond acceptors (Lipinski definition) is 4. The summed E-state index contributed by atoms with van der Waals surface area (Å²) in [5.74, 6) is 0. The number of rotatable bonds is 6. The Bertz CT molecular complexity index is 414. The highest BCUT2D eigenvalue weighted by molar-refractivity contribution is 7.11. The minimum Gasteiger partial charge on any atom is -0.384 e. The predicted molar refractivity (Wildman–Crippen MR) is 80.8 cm³/mol. The molecule has 1 aliphatic rings. The quantitative estimate of drug-likeness (QED) is 0.869. The Kier molecular flexibility index (Phi) is 4.98. The van der Waals surface area contributed by atoms with E-state index in [1.165, 1.54) is 28.4 Å². The lowest BCUT2D eigenvalue weighted by Gasteiger charge is -2.34. The summed E-state index contributed by atoms with van der Waals surface area (Å²) >= 11 is 1.88. The number of aromatic nitrogens is 1. The Balaban J connectivity index is 2.17. The van der Waals surface area contributed by atoms with E-state index in [-0.39, 0.29) is 0 Å². The minimum atomic E-state index is 0.352. The van der Waals surface area contributed by atoms with Crippen LogP contribution in [0.5, 0.6) is 0 Å². The van der Waals surface area contributed by atoms with Gasteiger partial charge in [-0.25, -0.2) is 4.98 Å². The Morgan fingerprint density at radius 1 is 1.47 bits per heavy atom. The van der Waals surface area contributed by atoms with E-state index in [4.69, 9.17) is 9.72 Å². The molecule has 0 radical (unpaired) electrons. The first-order chi connectivity index (χ1) is 9.05. The molecule has 0 bridgehead atoms. The zero-order chi connectivity index (χ0) is 13.9. The van der Waals surface area contributed by atoms with Gasteiger partial charge >= 0.3 is 0 Å². The third-order valence-electron chi connectivity index (χ3n) is 3.65. The van der Waals surface area contributed by atoms with Gasteiger partial charge in [-0.05, 0) is 31.2 Å². The summed E-state index contributed by atoms with van der Waals surface area (Å²) in [4.78, 5) is 6.31. The summed E-state index contributed by atoms with van der Waals surface area (Å²) in [5.41, 5.74) is 1.67. The van der Waals surface area contributed by atoms with Crippen molar-refractivity contribution in [2.24, 2.45) is 5.41 Å². The maximum absolute atomic E-state index is 5.16. The van der Waals surface area contributed by atoms with Crippen LogP contribution in [-0.2, 0) is 17.6 Å². The van der Waals surface area contributed by atoms with Crippen LogP contribution in [-0.4, -0.2) is 25.2 Å². The molecule has 1 aromatic rings. The lowest BCUT2D eigenvalue weighted by molar-refractivity contribution is 0.202. The first-order valence-corrected chi connectivity index (χ1v) is 8.08. The van der Waals surface area contributed by atoms with Crippen LogP contribution >= 0.6 is 11.3 Å². The maximum atomic E-state index is 5.16. The molecule has 0 amide bonds. The number of nitrogens with one attached hydrogen (secondary N) is 1. The molecule has 1 N–H and O–H groups in total. The lowest BCUT2D eigenvalue weighted by Crippen LogP contribution is -2.33. The third-order valence-corrected chi connectivity index (χ3v) is 4.92.